The molecule has 3 aromatic carbocycles. The van der Waals surface area contributed by atoms with E-state index in [4.69, 9.17) is 16.6 Å². The van der Waals surface area contributed by atoms with E-state index >= 15 is 0 Å². The summed E-state index contributed by atoms with van der Waals surface area (Å²) in [7, 11) is 0. The Balaban J connectivity index is 1.79. The number of ketones is 2. The molecule has 0 saturated heterocycles. The Bertz CT molecular complexity index is 1650. The molecule has 0 fully saturated rings. The van der Waals surface area contributed by atoms with Gasteiger partial charge in [-0.2, -0.15) is 0 Å². The number of carbonyl (C=O) groups excluding carboxylic acids is 2. The van der Waals surface area contributed by atoms with Crippen LogP contribution in [0.3, 0.4) is 0 Å². The van der Waals surface area contributed by atoms with Gasteiger partial charge in [-0.3, -0.25) is 14.2 Å². The molecule has 0 unspecified atom stereocenters. The SMILES string of the molecule is CC1(C)CC(=O)c2c(C(=O)c3ccc(Cl)cc3)c3c4ccccc4nc-3n(-c3ccc(Br)cc3)c2C1. The number of benzene rings is 3. The highest BCUT2D eigenvalue weighted by molar-refractivity contribution is 9.10. The number of fused-ring (bicyclic) bond motifs is 4. The summed E-state index contributed by atoms with van der Waals surface area (Å²) < 4.78 is 3.04. The van der Waals surface area contributed by atoms with Crippen LogP contribution in [0.4, 0.5) is 0 Å². The first-order chi connectivity index (χ1) is 17.2. The van der Waals surface area contributed by atoms with Gasteiger partial charge < -0.3 is 0 Å². The van der Waals surface area contributed by atoms with Gasteiger partial charge in [0.2, 0.25) is 0 Å². The molecular formula is C30H22BrClN2O2. The van der Waals surface area contributed by atoms with E-state index in [0.29, 0.717) is 45.9 Å². The molecule has 1 aliphatic carbocycles. The van der Waals surface area contributed by atoms with E-state index in [1.54, 1.807) is 24.3 Å². The first kappa shape index (κ1) is 23.1. The second-order valence-corrected chi connectivity index (χ2v) is 11.5. The van der Waals surface area contributed by atoms with Crippen LogP contribution >= 0.6 is 27.5 Å². The lowest BCUT2D eigenvalue weighted by Gasteiger charge is -2.35. The Morgan fingerprint density at radius 3 is 2.36 bits per heavy atom. The molecule has 178 valence electrons. The average molecular weight is 558 g/mol. The van der Waals surface area contributed by atoms with Crippen molar-refractivity contribution < 1.29 is 9.59 Å². The predicted octanol–water partition coefficient (Wildman–Crippen LogP) is 7.93. The standard InChI is InChI=1S/C30H22BrClN2O2/c1-30(2)15-23-26(24(35)16-30)27(28(36)17-7-11-19(32)12-8-17)25-21-5-3-4-6-22(21)33-29(25)34(23)20-13-9-18(31)10-14-20/h3-14H,15-16H2,1-2H3. The predicted molar refractivity (Wildman–Crippen MR) is 147 cm³/mol. The van der Waals surface area contributed by atoms with Gasteiger partial charge in [0, 0.05) is 54.9 Å². The topological polar surface area (TPSA) is 52.0 Å². The molecular weight excluding hydrogens is 536 g/mol. The van der Waals surface area contributed by atoms with Gasteiger partial charge in [-0.1, -0.05) is 59.6 Å². The van der Waals surface area contributed by atoms with Crippen molar-refractivity contribution in [3.63, 3.8) is 0 Å². The van der Waals surface area contributed by atoms with Crippen LogP contribution in [0, 0.1) is 5.41 Å². The molecule has 2 heterocycles. The van der Waals surface area contributed by atoms with E-state index < -0.39 is 0 Å². The average Bonchev–Trinajstić information content (AvgIpc) is 3.22. The molecule has 6 rings (SSSR count). The van der Waals surface area contributed by atoms with Crippen molar-refractivity contribution in [2.75, 3.05) is 0 Å². The van der Waals surface area contributed by atoms with Gasteiger partial charge in [-0.05, 0) is 66.4 Å². The number of hydrogen-bond donors (Lipinski definition) is 0. The maximum atomic E-state index is 14.1. The van der Waals surface area contributed by atoms with Crippen LogP contribution < -0.4 is 0 Å². The number of hydrogen-bond acceptors (Lipinski definition) is 3. The van der Waals surface area contributed by atoms with Crippen molar-refractivity contribution in [1.82, 2.24) is 9.55 Å². The van der Waals surface area contributed by atoms with Gasteiger partial charge >= 0.3 is 0 Å². The fourth-order valence-corrected chi connectivity index (χ4v) is 5.73. The quantitative estimate of drug-likeness (QED) is 0.212. The number of Topliss-reactive ketones (excluding diaryl/α,β-unsaturated/α-hetero) is 1. The van der Waals surface area contributed by atoms with Crippen LogP contribution in [0.5, 0.6) is 0 Å². The van der Waals surface area contributed by atoms with Crippen LogP contribution in [0.1, 0.15) is 52.2 Å². The summed E-state index contributed by atoms with van der Waals surface area (Å²) in [6.07, 6.45) is 1.02. The van der Waals surface area contributed by atoms with E-state index in [2.05, 4.69) is 34.3 Å². The maximum Gasteiger partial charge on any atom is 0.194 e. The highest BCUT2D eigenvalue weighted by Gasteiger charge is 2.40. The number of halogens is 2. The Morgan fingerprint density at radius 1 is 0.944 bits per heavy atom. The van der Waals surface area contributed by atoms with Gasteiger partial charge in [0.1, 0.15) is 5.82 Å². The second-order valence-electron chi connectivity index (χ2n) is 10.1. The summed E-state index contributed by atoms with van der Waals surface area (Å²) in [6, 6.07) is 22.6. The monoisotopic (exact) mass is 556 g/mol. The molecule has 4 nitrogen and oxygen atoms in total. The van der Waals surface area contributed by atoms with Crippen molar-refractivity contribution in [1.29, 1.82) is 0 Å². The van der Waals surface area contributed by atoms with E-state index in [1.165, 1.54) is 0 Å². The highest BCUT2D eigenvalue weighted by atomic mass is 79.9. The van der Waals surface area contributed by atoms with Gasteiger partial charge in [0.15, 0.2) is 11.6 Å². The van der Waals surface area contributed by atoms with Crippen LogP contribution in [-0.4, -0.2) is 21.1 Å². The van der Waals surface area contributed by atoms with Crippen molar-refractivity contribution >= 4 is 50.0 Å². The summed E-state index contributed by atoms with van der Waals surface area (Å²) in [6.45, 7) is 4.19. The minimum absolute atomic E-state index is 0.0170. The molecule has 0 amide bonds. The molecule has 6 heteroatoms. The van der Waals surface area contributed by atoms with Crippen molar-refractivity contribution in [3.8, 4) is 17.1 Å². The van der Waals surface area contributed by atoms with E-state index in [-0.39, 0.29) is 17.0 Å². The number of rotatable bonds is 3. The molecule has 2 aliphatic heterocycles. The smallest absolute Gasteiger partial charge is 0.194 e. The normalized spacial score (nSPS) is 14.8. The van der Waals surface area contributed by atoms with Crippen molar-refractivity contribution in [3.05, 3.63) is 105 Å². The Kier molecular flexibility index (Phi) is 5.39. The fourth-order valence-electron chi connectivity index (χ4n) is 5.34. The molecule has 0 saturated carbocycles. The van der Waals surface area contributed by atoms with E-state index in [0.717, 1.165) is 26.8 Å². The van der Waals surface area contributed by atoms with Crippen molar-refractivity contribution in [2.24, 2.45) is 5.41 Å². The first-order valence-corrected chi connectivity index (χ1v) is 13.0. The molecule has 0 aromatic heterocycles. The number of carbonyl (C=O) groups is 2. The summed E-state index contributed by atoms with van der Waals surface area (Å²) in [5.74, 6) is 0.471. The Labute approximate surface area is 222 Å². The molecule has 0 N–H and O–H groups in total. The highest BCUT2D eigenvalue weighted by Crippen LogP contribution is 2.45. The third-order valence-corrected chi connectivity index (χ3v) is 7.66. The number of nitrogens with zero attached hydrogens (tertiary/aromatic N) is 2. The lowest BCUT2D eigenvalue weighted by atomic mass is 9.72. The minimum atomic E-state index is -0.249. The molecule has 0 radical (unpaired) electrons. The zero-order chi connectivity index (χ0) is 25.2. The molecule has 0 bridgehead atoms. The summed E-state index contributed by atoms with van der Waals surface area (Å²) in [5.41, 5.74) is 4.41. The van der Waals surface area contributed by atoms with Gasteiger partial charge in [0.25, 0.3) is 0 Å². The zero-order valence-electron chi connectivity index (χ0n) is 19.8. The summed E-state index contributed by atoms with van der Waals surface area (Å²) >= 11 is 9.63. The van der Waals surface area contributed by atoms with Gasteiger partial charge in [-0.15, -0.1) is 0 Å². The van der Waals surface area contributed by atoms with Gasteiger partial charge in [-0.25, -0.2) is 4.98 Å². The van der Waals surface area contributed by atoms with E-state index in [9.17, 15) is 9.59 Å². The third kappa shape index (κ3) is 3.69. The molecule has 3 aromatic rings. The third-order valence-electron chi connectivity index (χ3n) is 6.88. The van der Waals surface area contributed by atoms with Crippen LogP contribution in [0.25, 0.3) is 28.0 Å². The summed E-state index contributed by atoms with van der Waals surface area (Å²) in [4.78, 5) is 33.0. The lowest BCUT2D eigenvalue weighted by molar-refractivity contribution is 0.0899. The molecule has 3 aliphatic rings. The molecule has 0 spiro atoms. The lowest BCUT2D eigenvalue weighted by Crippen LogP contribution is -2.33. The largest absolute Gasteiger partial charge is 0.298 e. The van der Waals surface area contributed by atoms with Gasteiger partial charge in [0.05, 0.1) is 5.52 Å². The van der Waals surface area contributed by atoms with Crippen LogP contribution in [0.15, 0.2) is 77.3 Å². The number of para-hydroxylation sites is 1. The fraction of sp³-hybridized carbons (Fsp3) is 0.167. The second kappa shape index (κ2) is 8.39. The summed E-state index contributed by atoms with van der Waals surface area (Å²) in [5, 5.41) is 1.41. The number of aromatic nitrogens is 2. The molecule has 0 atom stereocenters. The minimum Gasteiger partial charge on any atom is -0.298 e. The maximum absolute atomic E-state index is 14.1. The van der Waals surface area contributed by atoms with E-state index in [1.807, 2.05) is 48.5 Å². The first-order valence-electron chi connectivity index (χ1n) is 11.8. The van der Waals surface area contributed by atoms with Crippen LogP contribution in [-0.2, 0) is 6.42 Å². The van der Waals surface area contributed by atoms with Crippen LogP contribution in [0.2, 0.25) is 5.02 Å². The number of pyridine rings is 1. The Hall–Kier alpha value is -3.28. The molecule has 36 heavy (non-hydrogen) atoms. The zero-order valence-corrected chi connectivity index (χ0v) is 22.2. The van der Waals surface area contributed by atoms with Crippen molar-refractivity contribution in [2.45, 2.75) is 26.7 Å². The Morgan fingerprint density at radius 2 is 1.64 bits per heavy atom.